The van der Waals surface area contributed by atoms with Crippen LogP contribution in [0.3, 0.4) is 0 Å². The molecule has 0 aromatic heterocycles. The van der Waals surface area contributed by atoms with Gasteiger partial charge in [0.1, 0.15) is 18.5 Å². The lowest BCUT2D eigenvalue weighted by Crippen LogP contribution is -2.34. The van der Waals surface area contributed by atoms with Gasteiger partial charge in [-0.25, -0.2) is 14.1 Å². The van der Waals surface area contributed by atoms with Crippen molar-refractivity contribution in [2.45, 2.75) is 25.3 Å². The number of amides is 2. The zero-order valence-electron chi connectivity index (χ0n) is 14.5. The molecule has 0 aliphatic carbocycles. The smallest absolute Gasteiger partial charge is 0.417 e. The van der Waals surface area contributed by atoms with Gasteiger partial charge in [-0.3, -0.25) is 4.79 Å². The first-order valence-corrected chi connectivity index (χ1v) is 8.61. The van der Waals surface area contributed by atoms with Gasteiger partial charge in [-0.15, -0.1) is 0 Å². The molecule has 0 spiro atoms. The molecule has 0 radical (unpaired) electrons. The van der Waals surface area contributed by atoms with Crippen LogP contribution in [0.2, 0.25) is 0 Å². The van der Waals surface area contributed by atoms with Gasteiger partial charge >= 0.3 is 6.09 Å². The number of benzene rings is 2. The lowest BCUT2D eigenvalue weighted by Gasteiger charge is -2.19. The number of cyclic esters (lactones) is 1. The molecular weight excluding hydrogens is 351 g/mol. The molecule has 2 aromatic rings. The Hall–Kier alpha value is -3.22. The molecule has 7 heteroatoms. The summed E-state index contributed by atoms with van der Waals surface area (Å²) in [6.45, 7) is 0.132. The van der Waals surface area contributed by atoms with Crippen LogP contribution in [0.5, 0.6) is 0 Å². The standard InChI is InChI=1S/C20H19FN2O4/c21-16-11-9-14(10-12-16)17(22-26)7-4-8-19(24)23-18(13-27-20(23)25)15-5-2-1-3-6-15/h1-3,5-6,9-12,18,26H,4,7-8,13H2. The van der Waals surface area contributed by atoms with Crippen molar-refractivity contribution in [1.29, 1.82) is 0 Å². The molecule has 1 aliphatic heterocycles. The van der Waals surface area contributed by atoms with E-state index in [1.165, 1.54) is 24.3 Å². The maximum absolute atomic E-state index is 13.0. The number of ether oxygens (including phenoxy) is 1. The molecule has 1 saturated heterocycles. The fraction of sp³-hybridized carbons (Fsp3) is 0.250. The molecule has 2 aromatic carbocycles. The SMILES string of the molecule is O=C(CCCC(=NO)c1ccc(F)cc1)N1C(=O)OCC1c1ccccc1. The second-order valence-electron chi connectivity index (χ2n) is 6.17. The van der Waals surface area contributed by atoms with Gasteiger partial charge in [0.2, 0.25) is 5.91 Å². The van der Waals surface area contributed by atoms with Crippen molar-refractivity contribution in [3.63, 3.8) is 0 Å². The average Bonchev–Trinajstić information content (AvgIpc) is 3.08. The summed E-state index contributed by atoms with van der Waals surface area (Å²) in [6.07, 6.45) is 0.134. The minimum atomic E-state index is -0.650. The van der Waals surface area contributed by atoms with Crippen LogP contribution in [-0.2, 0) is 9.53 Å². The predicted molar refractivity (Wildman–Crippen MR) is 96.0 cm³/mol. The highest BCUT2D eigenvalue weighted by Gasteiger charge is 2.38. The second-order valence-corrected chi connectivity index (χ2v) is 6.17. The van der Waals surface area contributed by atoms with Gasteiger partial charge in [0.05, 0.1) is 5.71 Å². The fourth-order valence-corrected chi connectivity index (χ4v) is 3.04. The molecule has 1 N–H and O–H groups in total. The molecule has 0 bridgehead atoms. The fourth-order valence-electron chi connectivity index (χ4n) is 3.04. The van der Waals surface area contributed by atoms with E-state index < -0.39 is 12.1 Å². The van der Waals surface area contributed by atoms with Crippen molar-refractivity contribution in [3.8, 4) is 0 Å². The van der Waals surface area contributed by atoms with Gasteiger partial charge in [-0.05, 0) is 36.1 Å². The monoisotopic (exact) mass is 370 g/mol. The molecule has 0 saturated carbocycles. The number of oxime groups is 1. The molecule has 1 fully saturated rings. The third kappa shape index (κ3) is 4.31. The van der Waals surface area contributed by atoms with Gasteiger partial charge in [0, 0.05) is 6.42 Å². The summed E-state index contributed by atoms with van der Waals surface area (Å²) in [5, 5.41) is 12.4. The number of rotatable bonds is 6. The van der Waals surface area contributed by atoms with Gasteiger partial charge < -0.3 is 9.94 Å². The molecule has 2 amide bonds. The quantitative estimate of drug-likeness (QED) is 0.475. The van der Waals surface area contributed by atoms with E-state index in [-0.39, 0.29) is 24.8 Å². The maximum Gasteiger partial charge on any atom is 0.417 e. The molecule has 6 nitrogen and oxygen atoms in total. The highest BCUT2D eigenvalue weighted by molar-refractivity contribution is 6.00. The van der Waals surface area contributed by atoms with Crippen LogP contribution in [0.1, 0.15) is 36.4 Å². The molecule has 27 heavy (non-hydrogen) atoms. The third-order valence-corrected chi connectivity index (χ3v) is 4.43. The van der Waals surface area contributed by atoms with Gasteiger partial charge in [0.15, 0.2) is 0 Å². The van der Waals surface area contributed by atoms with Crippen molar-refractivity contribution in [3.05, 3.63) is 71.5 Å². The minimum absolute atomic E-state index is 0.0959. The molecule has 3 rings (SSSR count). The van der Waals surface area contributed by atoms with Gasteiger partial charge in [0.25, 0.3) is 0 Å². The third-order valence-electron chi connectivity index (χ3n) is 4.43. The second kappa shape index (κ2) is 8.44. The highest BCUT2D eigenvalue weighted by atomic mass is 19.1. The van der Waals surface area contributed by atoms with Crippen molar-refractivity contribution >= 4 is 17.7 Å². The molecule has 1 heterocycles. The van der Waals surface area contributed by atoms with E-state index in [2.05, 4.69) is 5.16 Å². The van der Waals surface area contributed by atoms with Crippen molar-refractivity contribution in [2.24, 2.45) is 5.16 Å². The first-order valence-electron chi connectivity index (χ1n) is 8.61. The predicted octanol–water partition coefficient (Wildman–Crippen LogP) is 3.89. The summed E-state index contributed by atoms with van der Waals surface area (Å²) < 4.78 is 18.1. The van der Waals surface area contributed by atoms with E-state index in [0.717, 1.165) is 10.5 Å². The number of imide groups is 1. The normalized spacial score (nSPS) is 17.1. The van der Waals surface area contributed by atoms with Crippen LogP contribution in [-0.4, -0.2) is 34.4 Å². The Morgan fingerprint density at radius 1 is 1.15 bits per heavy atom. The molecule has 1 atom stereocenters. The topological polar surface area (TPSA) is 79.2 Å². The number of hydrogen-bond acceptors (Lipinski definition) is 5. The first-order chi connectivity index (χ1) is 13.1. The minimum Gasteiger partial charge on any atom is -0.446 e. The van der Waals surface area contributed by atoms with Crippen LogP contribution in [0.15, 0.2) is 59.8 Å². The maximum atomic E-state index is 13.0. The summed E-state index contributed by atoms with van der Waals surface area (Å²) in [5.74, 6) is -0.728. The summed E-state index contributed by atoms with van der Waals surface area (Å²) in [6, 6.07) is 14.4. The van der Waals surface area contributed by atoms with Crippen molar-refractivity contribution < 1.29 is 23.9 Å². The van der Waals surface area contributed by atoms with Crippen molar-refractivity contribution in [1.82, 2.24) is 4.90 Å². The van der Waals surface area contributed by atoms with Crippen LogP contribution in [0.25, 0.3) is 0 Å². The number of carbonyl (C=O) groups is 2. The Kier molecular flexibility index (Phi) is 5.80. The first kappa shape index (κ1) is 18.6. The molecule has 1 aliphatic rings. The zero-order chi connectivity index (χ0) is 19.2. The lowest BCUT2D eigenvalue weighted by atomic mass is 10.0. The average molecular weight is 370 g/mol. The molecule has 1 unspecified atom stereocenters. The Balaban J connectivity index is 1.61. The number of halogens is 1. The van der Waals surface area contributed by atoms with Crippen molar-refractivity contribution in [2.75, 3.05) is 6.61 Å². The summed E-state index contributed by atoms with van der Waals surface area (Å²) in [7, 11) is 0. The van der Waals surface area contributed by atoms with E-state index in [0.29, 0.717) is 24.1 Å². The van der Waals surface area contributed by atoms with E-state index in [4.69, 9.17) is 4.74 Å². The Morgan fingerprint density at radius 2 is 1.85 bits per heavy atom. The van der Waals surface area contributed by atoms with Gasteiger partial charge in [-0.2, -0.15) is 0 Å². The largest absolute Gasteiger partial charge is 0.446 e. The number of hydrogen-bond donors (Lipinski definition) is 1. The summed E-state index contributed by atoms with van der Waals surface area (Å²) in [4.78, 5) is 25.7. The number of nitrogens with zero attached hydrogens (tertiary/aromatic N) is 2. The number of carbonyl (C=O) groups excluding carboxylic acids is 2. The Labute approximate surface area is 155 Å². The van der Waals surface area contributed by atoms with E-state index in [1.54, 1.807) is 0 Å². The van der Waals surface area contributed by atoms with Crippen LogP contribution >= 0.6 is 0 Å². The Bertz CT molecular complexity index is 837. The van der Waals surface area contributed by atoms with E-state index in [1.807, 2.05) is 30.3 Å². The van der Waals surface area contributed by atoms with Crippen LogP contribution in [0, 0.1) is 5.82 Å². The lowest BCUT2D eigenvalue weighted by molar-refractivity contribution is -0.129. The summed E-state index contributed by atoms with van der Waals surface area (Å²) >= 11 is 0. The zero-order valence-corrected chi connectivity index (χ0v) is 14.5. The van der Waals surface area contributed by atoms with E-state index >= 15 is 0 Å². The van der Waals surface area contributed by atoms with Crippen LogP contribution in [0.4, 0.5) is 9.18 Å². The summed E-state index contributed by atoms with van der Waals surface area (Å²) in [5.41, 5.74) is 1.76. The van der Waals surface area contributed by atoms with Crippen LogP contribution < -0.4 is 0 Å². The van der Waals surface area contributed by atoms with Gasteiger partial charge in [-0.1, -0.05) is 47.6 Å². The van der Waals surface area contributed by atoms with E-state index in [9.17, 15) is 19.2 Å². The molecule has 140 valence electrons. The highest BCUT2D eigenvalue weighted by Crippen LogP contribution is 2.28. The molecular formula is C20H19FN2O4. The Morgan fingerprint density at radius 3 is 2.52 bits per heavy atom.